The summed E-state index contributed by atoms with van der Waals surface area (Å²) < 4.78 is 5.02. The molecule has 6 heteroatoms. The van der Waals surface area contributed by atoms with E-state index in [-0.39, 0.29) is 24.7 Å². The number of hydrogen-bond acceptors (Lipinski definition) is 4. The number of benzene rings is 1. The van der Waals surface area contributed by atoms with Crippen LogP contribution in [0.1, 0.15) is 18.6 Å². The summed E-state index contributed by atoms with van der Waals surface area (Å²) in [5.74, 6) is -0.00972. The van der Waals surface area contributed by atoms with Gasteiger partial charge in [0.05, 0.1) is 12.5 Å². The number of hydrazone groups is 1. The van der Waals surface area contributed by atoms with E-state index >= 15 is 0 Å². The van der Waals surface area contributed by atoms with Crippen LogP contribution in [0.2, 0.25) is 0 Å². The summed E-state index contributed by atoms with van der Waals surface area (Å²) in [6.07, 6.45) is 3.06. The minimum absolute atomic E-state index is 0.0637. The number of anilines is 1. The molecule has 0 radical (unpaired) electrons. The number of carbonyl (C=O) groups is 2. The van der Waals surface area contributed by atoms with Gasteiger partial charge in [0.15, 0.2) is 0 Å². The Morgan fingerprint density at radius 1 is 1.05 bits per heavy atom. The van der Waals surface area contributed by atoms with Gasteiger partial charge in [-0.15, -0.1) is 0 Å². The summed E-state index contributed by atoms with van der Waals surface area (Å²) in [4.78, 5) is 23.1. The van der Waals surface area contributed by atoms with Crippen LogP contribution in [0.15, 0.2) is 58.2 Å². The smallest absolute Gasteiger partial charge is 0.240 e. The first-order valence-electron chi connectivity index (χ1n) is 6.44. The lowest BCUT2D eigenvalue weighted by Crippen LogP contribution is -2.20. The maximum atomic E-state index is 11.6. The summed E-state index contributed by atoms with van der Waals surface area (Å²) in [5, 5.41) is 6.43. The second-order valence-electron chi connectivity index (χ2n) is 4.22. The molecule has 1 aromatic carbocycles. The first kappa shape index (κ1) is 14.5. The summed E-state index contributed by atoms with van der Waals surface area (Å²) in [6, 6.07) is 12.5. The Balaban J connectivity index is 1.68. The molecule has 2 rings (SSSR count). The third kappa shape index (κ3) is 5.32. The summed E-state index contributed by atoms with van der Waals surface area (Å²) >= 11 is 0. The van der Waals surface area contributed by atoms with Gasteiger partial charge in [0.1, 0.15) is 5.76 Å². The maximum absolute atomic E-state index is 11.6. The van der Waals surface area contributed by atoms with Crippen molar-refractivity contribution in [3.63, 3.8) is 0 Å². The molecule has 1 heterocycles. The van der Waals surface area contributed by atoms with Crippen LogP contribution in [0.3, 0.4) is 0 Å². The lowest BCUT2D eigenvalue weighted by molar-refractivity contribution is -0.124. The monoisotopic (exact) mass is 285 g/mol. The Labute approximate surface area is 121 Å². The van der Waals surface area contributed by atoms with Crippen LogP contribution in [-0.2, 0) is 9.59 Å². The lowest BCUT2D eigenvalue weighted by Gasteiger charge is -2.04. The van der Waals surface area contributed by atoms with Gasteiger partial charge in [-0.2, -0.15) is 5.10 Å². The molecule has 0 aliphatic carbocycles. The zero-order valence-electron chi connectivity index (χ0n) is 11.3. The van der Waals surface area contributed by atoms with Crippen LogP contribution in [0, 0.1) is 0 Å². The van der Waals surface area contributed by atoms with Crippen LogP contribution in [0.4, 0.5) is 5.69 Å². The Kier molecular flexibility index (Phi) is 5.28. The number of nitrogens with zero attached hydrogens (tertiary/aromatic N) is 1. The molecule has 0 spiro atoms. The standard InChI is InChI=1S/C15H15N3O3/c19-14(17-12-5-2-1-3-6-12)8-9-15(20)18-16-11-13-7-4-10-21-13/h1-7,10-11H,8-9H2,(H,17,19)(H,18,20)/b16-11-. The Hall–Kier alpha value is -2.89. The molecule has 6 nitrogen and oxygen atoms in total. The van der Waals surface area contributed by atoms with Crippen LogP contribution in [0.5, 0.6) is 0 Å². The molecule has 0 aliphatic rings. The first-order chi connectivity index (χ1) is 10.2. The van der Waals surface area contributed by atoms with E-state index in [1.54, 1.807) is 24.3 Å². The van der Waals surface area contributed by atoms with E-state index in [0.29, 0.717) is 11.4 Å². The van der Waals surface area contributed by atoms with Gasteiger partial charge >= 0.3 is 0 Å². The van der Waals surface area contributed by atoms with Gasteiger partial charge in [0, 0.05) is 18.5 Å². The average molecular weight is 285 g/mol. The first-order valence-corrected chi connectivity index (χ1v) is 6.44. The van der Waals surface area contributed by atoms with Crippen molar-refractivity contribution in [3.8, 4) is 0 Å². The van der Waals surface area contributed by atoms with Gasteiger partial charge in [-0.25, -0.2) is 5.43 Å². The van der Waals surface area contributed by atoms with E-state index in [9.17, 15) is 9.59 Å². The van der Waals surface area contributed by atoms with Gasteiger partial charge in [-0.1, -0.05) is 18.2 Å². The molecule has 0 saturated carbocycles. The van der Waals surface area contributed by atoms with Crippen LogP contribution in [0.25, 0.3) is 0 Å². The van der Waals surface area contributed by atoms with Crippen LogP contribution < -0.4 is 10.7 Å². The topological polar surface area (TPSA) is 83.7 Å². The molecule has 2 N–H and O–H groups in total. The molecule has 0 unspecified atom stereocenters. The van der Waals surface area contributed by atoms with Crippen molar-refractivity contribution in [2.45, 2.75) is 12.8 Å². The molecule has 21 heavy (non-hydrogen) atoms. The highest BCUT2D eigenvalue weighted by Gasteiger charge is 2.06. The van der Waals surface area contributed by atoms with Crippen molar-refractivity contribution < 1.29 is 14.0 Å². The highest BCUT2D eigenvalue weighted by Crippen LogP contribution is 2.05. The fourth-order valence-corrected chi connectivity index (χ4v) is 1.56. The second kappa shape index (κ2) is 7.64. The van der Waals surface area contributed by atoms with Crippen molar-refractivity contribution in [2.75, 3.05) is 5.32 Å². The van der Waals surface area contributed by atoms with E-state index < -0.39 is 0 Å². The predicted molar refractivity (Wildman–Crippen MR) is 78.8 cm³/mol. The molecule has 1 aromatic heterocycles. The number of rotatable bonds is 6. The minimum atomic E-state index is -0.332. The van der Waals surface area contributed by atoms with E-state index in [4.69, 9.17) is 4.42 Å². The average Bonchev–Trinajstić information content (AvgIpc) is 2.99. The lowest BCUT2D eigenvalue weighted by atomic mass is 10.2. The molecule has 0 fully saturated rings. The number of amides is 2. The minimum Gasteiger partial charge on any atom is -0.463 e. The fraction of sp³-hybridized carbons (Fsp3) is 0.133. The van der Waals surface area contributed by atoms with Crippen molar-refractivity contribution in [2.24, 2.45) is 5.10 Å². The van der Waals surface area contributed by atoms with Gasteiger partial charge in [-0.05, 0) is 24.3 Å². The van der Waals surface area contributed by atoms with Crippen LogP contribution in [-0.4, -0.2) is 18.0 Å². The van der Waals surface area contributed by atoms with Gasteiger partial charge in [0.25, 0.3) is 0 Å². The number of nitrogens with one attached hydrogen (secondary N) is 2. The molecule has 108 valence electrons. The normalized spacial score (nSPS) is 10.5. The number of para-hydroxylation sites is 1. The van der Waals surface area contributed by atoms with Crippen LogP contribution >= 0.6 is 0 Å². The van der Waals surface area contributed by atoms with Gasteiger partial charge in [-0.3, -0.25) is 9.59 Å². The number of hydrogen-bond donors (Lipinski definition) is 2. The molecule has 2 amide bonds. The Bertz CT molecular complexity index is 606. The zero-order valence-corrected chi connectivity index (χ0v) is 11.3. The third-order valence-corrected chi connectivity index (χ3v) is 2.56. The molecule has 0 aliphatic heterocycles. The van der Waals surface area contributed by atoms with Crippen molar-refractivity contribution in [3.05, 3.63) is 54.5 Å². The SMILES string of the molecule is O=C(CCC(=O)Nc1ccccc1)N/N=C\c1ccco1. The molecule has 0 atom stereocenters. The second-order valence-corrected chi connectivity index (χ2v) is 4.22. The maximum Gasteiger partial charge on any atom is 0.240 e. The van der Waals surface area contributed by atoms with E-state index in [1.807, 2.05) is 18.2 Å². The fourth-order valence-electron chi connectivity index (χ4n) is 1.56. The van der Waals surface area contributed by atoms with Crippen molar-refractivity contribution >= 4 is 23.7 Å². The number of furan rings is 1. The molecule has 0 saturated heterocycles. The van der Waals surface area contributed by atoms with E-state index in [0.717, 1.165) is 0 Å². The predicted octanol–water partition coefficient (Wildman–Crippen LogP) is 2.15. The third-order valence-electron chi connectivity index (χ3n) is 2.56. The molecular formula is C15H15N3O3. The summed E-state index contributed by atoms with van der Waals surface area (Å²) in [5.41, 5.74) is 3.04. The van der Waals surface area contributed by atoms with Gasteiger partial charge in [0.2, 0.25) is 11.8 Å². The summed E-state index contributed by atoms with van der Waals surface area (Å²) in [6.45, 7) is 0. The van der Waals surface area contributed by atoms with E-state index in [1.165, 1.54) is 12.5 Å². The van der Waals surface area contributed by atoms with Crippen molar-refractivity contribution in [1.29, 1.82) is 0 Å². The zero-order chi connectivity index (χ0) is 14.9. The quantitative estimate of drug-likeness (QED) is 0.630. The Morgan fingerprint density at radius 2 is 1.81 bits per heavy atom. The van der Waals surface area contributed by atoms with E-state index in [2.05, 4.69) is 15.8 Å². The van der Waals surface area contributed by atoms with Gasteiger partial charge < -0.3 is 9.73 Å². The molecular weight excluding hydrogens is 270 g/mol. The Morgan fingerprint density at radius 3 is 2.52 bits per heavy atom. The summed E-state index contributed by atoms with van der Waals surface area (Å²) in [7, 11) is 0. The van der Waals surface area contributed by atoms with Crippen molar-refractivity contribution in [1.82, 2.24) is 5.43 Å². The highest BCUT2D eigenvalue weighted by molar-refractivity contribution is 5.93. The highest BCUT2D eigenvalue weighted by atomic mass is 16.3. The molecule has 2 aromatic rings. The largest absolute Gasteiger partial charge is 0.463 e. The molecule has 0 bridgehead atoms. The number of carbonyl (C=O) groups excluding carboxylic acids is 2.